The minimum absolute atomic E-state index is 0.00470. The number of nitrogens with two attached hydrogens (primary N) is 2. The first-order chi connectivity index (χ1) is 13.4. The Morgan fingerprint density at radius 1 is 0.821 bits per heavy atom. The summed E-state index contributed by atoms with van der Waals surface area (Å²) in [6, 6.07) is 0. The van der Waals surface area contributed by atoms with Gasteiger partial charge in [0.15, 0.2) is 0 Å². The summed E-state index contributed by atoms with van der Waals surface area (Å²) in [6.07, 6.45) is 3.43. The summed E-state index contributed by atoms with van der Waals surface area (Å²) in [7, 11) is 0. The second kappa shape index (κ2) is 22.5. The van der Waals surface area contributed by atoms with Crippen LogP contribution < -0.4 is 16.8 Å². The highest BCUT2D eigenvalue weighted by Gasteiger charge is 2.08. The lowest BCUT2D eigenvalue weighted by atomic mass is 9.93. The van der Waals surface area contributed by atoms with Crippen molar-refractivity contribution in [3.05, 3.63) is 0 Å². The molecule has 0 radical (unpaired) electrons. The second-order valence-electron chi connectivity index (χ2n) is 7.46. The van der Waals surface area contributed by atoms with Gasteiger partial charge in [-0.05, 0) is 24.8 Å². The number of amides is 1. The molecule has 0 aliphatic carbocycles. The first-order valence-corrected chi connectivity index (χ1v) is 10.3. The van der Waals surface area contributed by atoms with Gasteiger partial charge in [0.05, 0.1) is 52.8 Å². The molecule has 0 saturated heterocycles. The molecular weight excluding hydrogens is 362 g/mol. The summed E-state index contributed by atoms with van der Waals surface area (Å²) < 4.78 is 21.5. The van der Waals surface area contributed by atoms with Crippen molar-refractivity contribution in [2.45, 2.75) is 47.0 Å². The number of nitrogens with one attached hydrogen (secondary N) is 1. The number of hydrogen-bond donors (Lipinski definition) is 3. The molecule has 8 nitrogen and oxygen atoms in total. The zero-order valence-corrected chi connectivity index (χ0v) is 18.6. The summed E-state index contributed by atoms with van der Waals surface area (Å²) in [4.78, 5) is 10.8. The maximum Gasteiger partial charge on any atom is 0.233 e. The molecule has 28 heavy (non-hydrogen) atoms. The Morgan fingerprint density at radius 2 is 1.29 bits per heavy atom. The lowest BCUT2D eigenvalue weighted by Crippen LogP contribution is -2.32. The highest BCUT2D eigenvalue weighted by molar-refractivity contribution is 5.77. The summed E-state index contributed by atoms with van der Waals surface area (Å²) in [5.74, 6) is -0.176. The molecule has 0 aromatic rings. The first kappa shape index (κ1) is 29.4. The molecule has 0 aliphatic heterocycles. The predicted molar refractivity (Wildman–Crippen MR) is 113 cm³/mol. The molecule has 170 valence electrons. The van der Waals surface area contributed by atoms with E-state index in [1.165, 1.54) is 12.8 Å². The number of carbonyl (C=O) groups excluding carboxylic acids is 1. The molecule has 0 spiro atoms. The minimum atomic E-state index is -0.176. The van der Waals surface area contributed by atoms with E-state index in [4.69, 9.17) is 30.4 Å². The molecule has 1 amide bonds. The number of unbranched alkanes of at least 4 members (excludes halogenated alkanes) is 1. The van der Waals surface area contributed by atoms with Crippen molar-refractivity contribution in [3.63, 3.8) is 0 Å². The fourth-order valence-electron chi connectivity index (χ4n) is 1.68. The lowest BCUT2D eigenvalue weighted by molar-refractivity contribution is -0.120. The van der Waals surface area contributed by atoms with Gasteiger partial charge in [-0.15, -0.1) is 0 Å². The summed E-state index contributed by atoms with van der Waals surface area (Å²) in [6.45, 7) is 14.6. The smallest absolute Gasteiger partial charge is 0.233 e. The van der Waals surface area contributed by atoms with Crippen molar-refractivity contribution < 1.29 is 23.7 Å². The van der Waals surface area contributed by atoms with Crippen LogP contribution in [0.5, 0.6) is 0 Å². The van der Waals surface area contributed by atoms with Crippen LogP contribution in [-0.2, 0) is 23.7 Å². The standard InChI is InChI=1S/C16H34N2O5.C4H11N/c1-16(2,3)4-6-20-8-10-22-12-13-23-11-9-21-7-5-18-15(19)14-17;1-2-3-4-5/h4-14,17H2,1-3H3,(H,18,19);2-5H2,1H3. The van der Waals surface area contributed by atoms with Gasteiger partial charge < -0.3 is 35.7 Å². The van der Waals surface area contributed by atoms with Gasteiger partial charge in [-0.25, -0.2) is 0 Å². The number of hydrogen-bond acceptors (Lipinski definition) is 7. The highest BCUT2D eigenvalue weighted by Crippen LogP contribution is 2.17. The van der Waals surface area contributed by atoms with Gasteiger partial charge in [-0.1, -0.05) is 34.1 Å². The summed E-state index contributed by atoms with van der Waals surface area (Å²) >= 11 is 0. The maximum atomic E-state index is 10.8. The van der Waals surface area contributed by atoms with Crippen molar-refractivity contribution in [1.29, 1.82) is 0 Å². The largest absolute Gasteiger partial charge is 0.379 e. The summed E-state index contributed by atoms with van der Waals surface area (Å²) in [5.41, 5.74) is 10.6. The fraction of sp³-hybridized carbons (Fsp3) is 0.950. The number of carbonyl (C=O) groups is 1. The molecule has 0 bridgehead atoms. The van der Waals surface area contributed by atoms with Gasteiger partial charge in [-0.2, -0.15) is 0 Å². The minimum Gasteiger partial charge on any atom is -0.379 e. The van der Waals surface area contributed by atoms with Crippen LogP contribution in [-0.4, -0.2) is 78.4 Å². The Hall–Kier alpha value is -0.770. The van der Waals surface area contributed by atoms with E-state index in [1.54, 1.807) is 0 Å². The van der Waals surface area contributed by atoms with E-state index in [0.717, 1.165) is 19.6 Å². The second-order valence-corrected chi connectivity index (χ2v) is 7.46. The monoisotopic (exact) mass is 407 g/mol. The average molecular weight is 408 g/mol. The van der Waals surface area contributed by atoms with Crippen LogP contribution in [0.1, 0.15) is 47.0 Å². The van der Waals surface area contributed by atoms with Crippen LogP contribution >= 0.6 is 0 Å². The van der Waals surface area contributed by atoms with Gasteiger partial charge in [0.2, 0.25) is 5.91 Å². The van der Waals surface area contributed by atoms with Crippen molar-refractivity contribution in [1.82, 2.24) is 5.32 Å². The Labute approximate surface area is 172 Å². The van der Waals surface area contributed by atoms with Gasteiger partial charge in [0.25, 0.3) is 0 Å². The van der Waals surface area contributed by atoms with Crippen molar-refractivity contribution >= 4 is 5.91 Å². The van der Waals surface area contributed by atoms with Crippen LogP contribution in [0.15, 0.2) is 0 Å². The molecule has 0 aliphatic rings. The topological polar surface area (TPSA) is 118 Å². The van der Waals surface area contributed by atoms with Crippen LogP contribution in [0.4, 0.5) is 0 Å². The van der Waals surface area contributed by atoms with Crippen LogP contribution in [0, 0.1) is 5.41 Å². The van der Waals surface area contributed by atoms with Crippen molar-refractivity contribution in [2.24, 2.45) is 16.9 Å². The third-order valence-electron chi connectivity index (χ3n) is 3.42. The lowest BCUT2D eigenvalue weighted by Gasteiger charge is -2.17. The quantitative estimate of drug-likeness (QED) is 0.311. The Morgan fingerprint density at radius 3 is 1.64 bits per heavy atom. The van der Waals surface area contributed by atoms with E-state index in [9.17, 15) is 4.79 Å². The molecule has 0 fully saturated rings. The number of rotatable bonds is 17. The molecule has 0 rings (SSSR count). The summed E-state index contributed by atoms with van der Waals surface area (Å²) in [5, 5.41) is 2.62. The zero-order valence-electron chi connectivity index (χ0n) is 18.6. The molecule has 0 heterocycles. The Balaban J connectivity index is 0. The molecule has 5 N–H and O–H groups in total. The SMILES string of the molecule is CC(C)(C)CCOCCOCCOCCOCCNC(=O)CN.CCCCN. The molecule has 0 saturated carbocycles. The molecule has 0 atom stereocenters. The van der Waals surface area contributed by atoms with E-state index >= 15 is 0 Å². The van der Waals surface area contributed by atoms with Gasteiger partial charge in [0, 0.05) is 13.2 Å². The van der Waals surface area contributed by atoms with E-state index in [-0.39, 0.29) is 12.5 Å². The highest BCUT2D eigenvalue weighted by atomic mass is 16.6. The van der Waals surface area contributed by atoms with Gasteiger partial charge >= 0.3 is 0 Å². The first-order valence-electron chi connectivity index (χ1n) is 10.3. The molecule has 0 unspecified atom stereocenters. The van der Waals surface area contributed by atoms with E-state index in [2.05, 4.69) is 33.0 Å². The number of ether oxygens (including phenoxy) is 4. The van der Waals surface area contributed by atoms with E-state index in [1.807, 2.05) is 0 Å². The molecular formula is C20H45N3O5. The zero-order chi connectivity index (χ0) is 21.5. The van der Waals surface area contributed by atoms with Crippen molar-refractivity contribution in [2.75, 3.05) is 72.5 Å². The third kappa shape index (κ3) is 30.0. The Bertz CT molecular complexity index is 323. The molecule has 8 heteroatoms. The molecule has 0 aromatic carbocycles. The van der Waals surface area contributed by atoms with Crippen LogP contribution in [0.2, 0.25) is 0 Å². The van der Waals surface area contributed by atoms with Crippen LogP contribution in [0.3, 0.4) is 0 Å². The normalized spacial score (nSPS) is 11.1. The molecule has 0 aromatic heterocycles. The van der Waals surface area contributed by atoms with E-state index < -0.39 is 0 Å². The van der Waals surface area contributed by atoms with Gasteiger partial charge in [0.1, 0.15) is 0 Å². The van der Waals surface area contributed by atoms with Crippen molar-refractivity contribution in [3.8, 4) is 0 Å². The van der Waals surface area contributed by atoms with E-state index in [0.29, 0.717) is 58.2 Å². The van der Waals surface area contributed by atoms with Gasteiger partial charge in [-0.3, -0.25) is 4.79 Å². The third-order valence-corrected chi connectivity index (χ3v) is 3.42. The maximum absolute atomic E-state index is 10.8. The predicted octanol–water partition coefficient (Wildman–Crippen LogP) is 1.31. The fourth-order valence-corrected chi connectivity index (χ4v) is 1.68. The average Bonchev–Trinajstić information content (AvgIpc) is 2.65. The van der Waals surface area contributed by atoms with Crippen LogP contribution in [0.25, 0.3) is 0 Å². The Kier molecular flexibility index (Phi) is 23.7.